The molecule has 0 amide bonds. The molecule has 1 N–H and O–H groups in total. The average molecular weight is 278 g/mol. The highest BCUT2D eigenvalue weighted by Crippen LogP contribution is 2.31. The lowest BCUT2D eigenvalue weighted by atomic mass is 9.83. The van der Waals surface area contributed by atoms with Gasteiger partial charge in [0.2, 0.25) is 0 Å². The molecule has 20 heavy (non-hydrogen) atoms. The summed E-state index contributed by atoms with van der Waals surface area (Å²) in [5, 5.41) is 9.57. The Bertz CT molecular complexity index is 493. The molecule has 4 heteroatoms. The van der Waals surface area contributed by atoms with Crippen molar-refractivity contribution in [2.75, 3.05) is 13.7 Å². The normalized spacial score (nSPS) is 17.2. The van der Waals surface area contributed by atoms with E-state index in [1.807, 2.05) is 6.08 Å². The van der Waals surface area contributed by atoms with E-state index < -0.39 is 5.97 Å². The van der Waals surface area contributed by atoms with E-state index in [1.54, 1.807) is 13.0 Å². The maximum Gasteiger partial charge on any atom is 0.341 e. The lowest BCUT2D eigenvalue weighted by Gasteiger charge is -2.23. The third kappa shape index (κ3) is 3.31. The van der Waals surface area contributed by atoms with Gasteiger partial charge in [0, 0.05) is 0 Å². The molecule has 4 nitrogen and oxygen atoms in total. The van der Waals surface area contributed by atoms with Gasteiger partial charge >= 0.3 is 5.97 Å². The number of aryl methyl sites for hydroxylation is 1. The highest BCUT2D eigenvalue weighted by Gasteiger charge is 2.19. The highest BCUT2D eigenvalue weighted by molar-refractivity contribution is 5.91. The van der Waals surface area contributed by atoms with Gasteiger partial charge in [0.15, 0.2) is 0 Å². The Kier molecular flexibility index (Phi) is 5.01. The number of rotatable bonds is 4. The summed E-state index contributed by atoms with van der Waals surface area (Å²) in [7, 11) is 1.35. The van der Waals surface area contributed by atoms with Crippen LogP contribution in [0, 0.1) is 12.8 Å². The minimum Gasteiger partial charge on any atom is -0.465 e. The Morgan fingerprint density at radius 3 is 2.75 bits per heavy atom. The first-order valence-corrected chi connectivity index (χ1v) is 7.15. The molecule has 0 saturated heterocycles. The molecule has 1 heterocycles. The minimum absolute atomic E-state index is 0.0397. The van der Waals surface area contributed by atoms with E-state index in [1.165, 1.54) is 26.4 Å². The van der Waals surface area contributed by atoms with E-state index in [9.17, 15) is 9.90 Å². The van der Waals surface area contributed by atoms with Crippen molar-refractivity contribution in [1.29, 1.82) is 0 Å². The second-order valence-corrected chi connectivity index (χ2v) is 5.32. The van der Waals surface area contributed by atoms with Crippen molar-refractivity contribution >= 4 is 12.0 Å². The van der Waals surface area contributed by atoms with Gasteiger partial charge in [-0.2, -0.15) is 0 Å². The highest BCUT2D eigenvalue weighted by atomic mass is 16.5. The standard InChI is InChI=1S/C16H22O4/c1-11-15(16(18)19-2)9-14(20-11)8-13(10-17)12-6-4-3-5-7-12/h8-9,12,17H,3-7,10H2,1-2H3/b13-8-. The molecule has 0 aliphatic heterocycles. The first kappa shape index (κ1) is 14.9. The Labute approximate surface area is 119 Å². The molecule has 1 aromatic rings. The number of aliphatic hydroxyl groups is 1. The molecule has 0 radical (unpaired) electrons. The van der Waals surface area contributed by atoms with Gasteiger partial charge in [0.25, 0.3) is 0 Å². The monoisotopic (exact) mass is 278 g/mol. The summed E-state index contributed by atoms with van der Waals surface area (Å²) < 4.78 is 10.3. The fraction of sp³-hybridized carbons (Fsp3) is 0.562. The largest absolute Gasteiger partial charge is 0.465 e. The van der Waals surface area contributed by atoms with Crippen molar-refractivity contribution in [3.8, 4) is 0 Å². The van der Waals surface area contributed by atoms with Crippen LogP contribution in [0.1, 0.15) is 54.0 Å². The quantitative estimate of drug-likeness (QED) is 0.858. The van der Waals surface area contributed by atoms with E-state index in [4.69, 9.17) is 9.15 Å². The van der Waals surface area contributed by atoms with Gasteiger partial charge in [-0.05, 0) is 43.4 Å². The van der Waals surface area contributed by atoms with Crippen molar-refractivity contribution in [1.82, 2.24) is 0 Å². The number of furan rings is 1. The van der Waals surface area contributed by atoms with Crippen molar-refractivity contribution in [3.05, 3.63) is 28.7 Å². The summed E-state index contributed by atoms with van der Waals surface area (Å²) in [6.07, 6.45) is 7.82. The molecule has 1 fully saturated rings. The summed E-state index contributed by atoms with van der Waals surface area (Å²) in [5.74, 6) is 1.19. The molecule has 1 aliphatic carbocycles. The summed E-state index contributed by atoms with van der Waals surface area (Å²) in [4.78, 5) is 11.6. The molecular weight excluding hydrogens is 256 g/mol. The Balaban J connectivity index is 2.21. The number of esters is 1. The van der Waals surface area contributed by atoms with Crippen LogP contribution in [0.15, 0.2) is 16.1 Å². The van der Waals surface area contributed by atoms with Crippen LogP contribution in [0.4, 0.5) is 0 Å². The molecule has 0 spiro atoms. The number of aliphatic hydroxyl groups excluding tert-OH is 1. The molecule has 0 aromatic carbocycles. The van der Waals surface area contributed by atoms with E-state index in [2.05, 4.69) is 0 Å². The Hall–Kier alpha value is -1.55. The van der Waals surface area contributed by atoms with Crippen LogP contribution in [0.25, 0.3) is 6.08 Å². The summed E-state index contributed by atoms with van der Waals surface area (Å²) in [6, 6.07) is 1.68. The van der Waals surface area contributed by atoms with E-state index in [0.29, 0.717) is 23.0 Å². The van der Waals surface area contributed by atoms with Crippen LogP contribution in [0.2, 0.25) is 0 Å². The fourth-order valence-electron chi connectivity index (χ4n) is 2.84. The average Bonchev–Trinajstić information content (AvgIpc) is 2.85. The van der Waals surface area contributed by atoms with Crippen LogP contribution in [-0.2, 0) is 4.74 Å². The van der Waals surface area contributed by atoms with Crippen LogP contribution in [0.5, 0.6) is 0 Å². The van der Waals surface area contributed by atoms with Gasteiger partial charge < -0.3 is 14.3 Å². The predicted octanol–water partition coefficient (Wildman–Crippen LogP) is 3.33. The summed E-state index contributed by atoms with van der Waals surface area (Å²) >= 11 is 0. The Morgan fingerprint density at radius 2 is 2.15 bits per heavy atom. The van der Waals surface area contributed by atoms with Crippen molar-refractivity contribution in [3.63, 3.8) is 0 Å². The number of carbonyl (C=O) groups excluding carboxylic acids is 1. The number of methoxy groups -OCH3 is 1. The first-order chi connectivity index (χ1) is 9.65. The second kappa shape index (κ2) is 6.75. The van der Waals surface area contributed by atoms with E-state index in [-0.39, 0.29) is 6.61 Å². The molecule has 1 saturated carbocycles. The summed E-state index contributed by atoms with van der Waals surface area (Å²) in [6.45, 7) is 1.78. The van der Waals surface area contributed by atoms with Gasteiger partial charge in [-0.25, -0.2) is 4.79 Å². The minimum atomic E-state index is -0.394. The zero-order valence-electron chi connectivity index (χ0n) is 12.1. The third-order valence-corrected chi connectivity index (χ3v) is 3.98. The lowest BCUT2D eigenvalue weighted by Crippen LogP contribution is -2.11. The van der Waals surface area contributed by atoms with Crippen LogP contribution < -0.4 is 0 Å². The maximum absolute atomic E-state index is 11.6. The molecular formula is C16H22O4. The zero-order chi connectivity index (χ0) is 14.5. The first-order valence-electron chi connectivity index (χ1n) is 7.15. The van der Waals surface area contributed by atoms with Crippen molar-refractivity contribution in [2.45, 2.75) is 39.0 Å². The SMILES string of the molecule is COC(=O)c1cc(/C=C(/CO)C2CCCCC2)oc1C. The van der Waals surface area contributed by atoms with Gasteiger partial charge in [0.1, 0.15) is 17.1 Å². The third-order valence-electron chi connectivity index (χ3n) is 3.98. The lowest BCUT2D eigenvalue weighted by molar-refractivity contribution is 0.0599. The second-order valence-electron chi connectivity index (χ2n) is 5.32. The molecule has 2 rings (SSSR count). The topological polar surface area (TPSA) is 59.7 Å². The molecule has 0 unspecified atom stereocenters. The van der Waals surface area contributed by atoms with Gasteiger partial charge in [-0.1, -0.05) is 19.3 Å². The van der Waals surface area contributed by atoms with Crippen molar-refractivity contribution < 1.29 is 19.1 Å². The summed E-state index contributed by atoms with van der Waals surface area (Å²) in [5.41, 5.74) is 1.44. The predicted molar refractivity (Wildman–Crippen MR) is 76.4 cm³/mol. The maximum atomic E-state index is 11.6. The van der Waals surface area contributed by atoms with E-state index in [0.717, 1.165) is 18.4 Å². The molecule has 1 aliphatic rings. The van der Waals surface area contributed by atoms with E-state index >= 15 is 0 Å². The van der Waals surface area contributed by atoms with Crippen LogP contribution in [0.3, 0.4) is 0 Å². The van der Waals surface area contributed by atoms with Crippen LogP contribution in [-0.4, -0.2) is 24.8 Å². The number of hydrogen-bond acceptors (Lipinski definition) is 4. The smallest absolute Gasteiger partial charge is 0.341 e. The van der Waals surface area contributed by atoms with Crippen molar-refractivity contribution in [2.24, 2.45) is 5.92 Å². The molecule has 0 atom stereocenters. The zero-order valence-corrected chi connectivity index (χ0v) is 12.1. The van der Waals surface area contributed by atoms with Gasteiger partial charge in [0.05, 0.1) is 13.7 Å². The molecule has 0 bridgehead atoms. The number of ether oxygens (including phenoxy) is 1. The number of hydrogen-bond donors (Lipinski definition) is 1. The van der Waals surface area contributed by atoms with Gasteiger partial charge in [-0.3, -0.25) is 0 Å². The molecule has 110 valence electrons. The molecule has 1 aromatic heterocycles. The Morgan fingerprint density at radius 1 is 1.45 bits per heavy atom. The fourth-order valence-corrected chi connectivity index (χ4v) is 2.84. The van der Waals surface area contributed by atoms with Gasteiger partial charge in [-0.15, -0.1) is 0 Å². The van der Waals surface area contributed by atoms with Crippen LogP contribution >= 0.6 is 0 Å². The number of carbonyl (C=O) groups is 1.